The molecule has 0 rings (SSSR count). The molecule has 0 aromatic carbocycles. The number of amides is 1. The first kappa shape index (κ1) is 17.4. The van der Waals surface area contributed by atoms with Crippen LogP contribution in [0.5, 0.6) is 0 Å². The Labute approximate surface area is 111 Å². The predicted molar refractivity (Wildman–Crippen MR) is 72.5 cm³/mol. The average molecular weight is 260 g/mol. The standard InChI is InChI=1S/C13H28N2O3/c1-6-9-15(10-12(16)14(4)5)11-13(17-7-2)18-8-3/h13H,6-11H2,1-5H3. The number of rotatable bonds is 10. The average Bonchev–Trinajstić information content (AvgIpc) is 2.29. The second kappa shape index (κ2) is 10.3. The molecule has 0 fully saturated rings. The molecule has 0 spiro atoms. The van der Waals surface area contributed by atoms with Crippen LogP contribution in [0.2, 0.25) is 0 Å². The predicted octanol–water partition coefficient (Wildman–Crippen LogP) is 1.19. The zero-order valence-corrected chi connectivity index (χ0v) is 12.4. The summed E-state index contributed by atoms with van der Waals surface area (Å²) in [5.41, 5.74) is 0. The smallest absolute Gasteiger partial charge is 0.236 e. The molecule has 0 bridgehead atoms. The van der Waals surface area contributed by atoms with Crippen LogP contribution in [0.15, 0.2) is 0 Å². The van der Waals surface area contributed by atoms with Crippen LogP contribution in [0.1, 0.15) is 27.2 Å². The van der Waals surface area contributed by atoms with E-state index in [2.05, 4.69) is 11.8 Å². The maximum atomic E-state index is 11.7. The molecule has 18 heavy (non-hydrogen) atoms. The van der Waals surface area contributed by atoms with Crippen molar-refractivity contribution in [1.82, 2.24) is 9.80 Å². The van der Waals surface area contributed by atoms with Gasteiger partial charge in [0.2, 0.25) is 5.91 Å². The van der Waals surface area contributed by atoms with E-state index >= 15 is 0 Å². The number of hydrogen-bond donors (Lipinski definition) is 0. The number of hydrogen-bond acceptors (Lipinski definition) is 4. The van der Waals surface area contributed by atoms with Crippen LogP contribution in [0, 0.1) is 0 Å². The maximum absolute atomic E-state index is 11.7. The minimum absolute atomic E-state index is 0.107. The quantitative estimate of drug-likeness (QED) is 0.553. The summed E-state index contributed by atoms with van der Waals surface area (Å²) >= 11 is 0. The molecule has 0 saturated carbocycles. The van der Waals surface area contributed by atoms with Crippen LogP contribution < -0.4 is 0 Å². The fourth-order valence-electron chi connectivity index (χ4n) is 1.62. The van der Waals surface area contributed by atoms with Crippen molar-refractivity contribution in [3.05, 3.63) is 0 Å². The minimum atomic E-state index is -0.249. The largest absolute Gasteiger partial charge is 0.352 e. The van der Waals surface area contributed by atoms with Crippen molar-refractivity contribution in [2.24, 2.45) is 0 Å². The van der Waals surface area contributed by atoms with Crippen LogP contribution in [0.3, 0.4) is 0 Å². The summed E-state index contributed by atoms with van der Waals surface area (Å²) in [6.45, 7) is 9.15. The Bertz CT molecular complexity index is 216. The van der Waals surface area contributed by atoms with E-state index in [0.29, 0.717) is 26.3 Å². The fraction of sp³-hybridized carbons (Fsp3) is 0.923. The molecule has 1 amide bonds. The third-order valence-corrected chi connectivity index (χ3v) is 2.51. The van der Waals surface area contributed by atoms with E-state index < -0.39 is 0 Å². The number of likely N-dealkylation sites (N-methyl/N-ethyl adjacent to an activating group) is 1. The lowest BCUT2D eigenvalue weighted by Gasteiger charge is -2.27. The van der Waals surface area contributed by atoms with Gasteiger partial charge in [-0.1, -0.05) is 6.92 Å². The zero-order chi connectivity index (χ0) is 14.0. The van der Waals surface area contributed by atoms with Crippen molar-refractivity contribution in [2.75, 3.05) is 46.9 Å². The van der Waals surface area contributed by atoms with Crippen LogP contribution in [0.25, 0.3) is 0 Å². The van der Waals surface area contributed by atoms with E-state index in [1.165, 1.54) is 0 Å². The van der Waals surface area contributed by atoms with E-state index in [1.54, 1.807) is 19.0 Å². The molecule has 0 aliphatic carbocycles. The third kappa shape index (κ3) is 7.63. The Morgan fingerprint density at radius 1 is 1.11 bits per heavy atom. The van der Waals surface area contributed by atoms with Crippen LogP contribution in [-0.2, 0) is 14.3 Å². The summed E-state index contributed by atoms with van der Waals surface area (Å²) in [7, 11) is 3.55. The van der Waals surface area contributed by atoms with Crippen LogP contribution in [-0.4, -0.2) is 68.9 Å². The molecule has 0 aromatic heterocycles. The molecule has 0 atom stereocenters. The van der Waals surface area contributed by atoms with Gasteiger partial charge in [-0.25, -0.2) is 0 Å². The van der Waals surface area contributed by atoms with Crippen molar-refractivity contribution < 1.29 is 14.3 Å². The van der Waals surface area contributed by atoms with Crippen molar-refractivity contribution >= 4 is 5.91 Å². The van der Waals surface area contributed by atoms with Crippen molar-refractivity contribution in [1.29, 1.82) is 0 Å². The molecule has 0 saturated heterocycles. The van der Waals surface area contributed by atoms with Gasteiger partial charge in [-0.05, 0) is 26.8 Å². The van der Waals surface area contributed by atoms with E-state index in [0.717, 1.165) is 13.0 Å². The monoisotopic (exact) mass is 260 g/mol. The molecule has 0 radical (unpaired) electrons. The molecular formula is C13H28N2O3. The molecule has 0 N–H and O–H groups in total. The lowest BCUT2D eigenvalue weighted by molar-refractivity contribution is -0.150. The summed E-state index contributed by atoms with van der Waals surface area (Å²) in [6.07, 6.45) is 0.757. The molecule has 0 aromatic rings. The van der Waals surface area contributed by atoms with E-state index in [4.69, 9.17) is 9.47 Å². The van der Waals surface area contributed by atoms with Crippen molar-refractivity contribution in [3.63, 3.8) is 0 Å². The lowest BCUT2D eigenvalue weighted by Crippen LogP contribution is -2.42. The SMILES string of the molecule is CCCN(CC(=O)N(C)C)CC(OCC)OCC. The summed E-state index contributed by atoms with van der Waals surface area (Å²) in [5.74, 6) is 0.107. The van der Waals surface area contributed by atoms with Gasteiger partial charge in [0.05, 0.1) is 13.1 Å². The number of carbonyl (C=O) groups is 1. The van der Waals surface area contributed by atoms with Gasteiger partial charge in [-0.15, -0.1) is 0 Å². The Morgan fingerprint density at radius 3 is 2.06 bits per heavy atom. The van der Waals surface area contributed by atoms with Gasteiger partial charge in [0.1, 0.15) is 0 Å². The van der Waals surface area contributed by atoms with Gasteiger partial charge in [0.15, 0.2) is 6.29 Å². The molecular weight excluding hydrogens is 232 g/mol. The van der Waals surface area contributed by atoms with Gasteiger partial charge in [0, 0.05) is 27.3 Å². The molecule has 0 aliphatic rings. The van der Waals surface area contributed by atoms with Gasteiger partial charge in [-0.3, -0.25) is 9.69 Å². The van der Waals surface area contributed by atoms with Crippen LogP contribution in [0.4, 0.5) is 0 Å². The Morgan fingerprint density at radius 2 is 1.67 bits per heavy atom. The number of nitrogens with zero attached hydrogens (tertiary/aromatic N) is 2. The third-order valence-electron chi connectivity index (χ3n) is 2.51. The first-order chi connectivity index (χ1) is 8.54. The topological polar surface area (TPSA) is 42.0 Å². The second-order valence-corrected chi connectivity index (χ2v) is 4.36. The summed E-state index contributed by atoms with van der Waals surface area (Å²) in [6, 6.07) is 0. The summed E-state index contributed by atoms with van der Waals surface area (Å²) in [4.78, 5) is 15.4. The fourth-order valence-corrected chi connectivity index (χ4v) is 1.62. The second-order valence-electron chi connectivity index (χ2n) is 4.36. The highest BCUT2D eigenvalue weighted by molar-refractivity contribution is 5.77. The Balaban J connectivity index is 4.33. The van der Waals surface area contributed by atoms with Crippen molar-refractivity contribution in [2.45, 2.75) is 33.5 Å². The summed E-state index contributed by atoms with van der Waals surface area (Å²) < 4.78 is 11.0. The van der Waals surface area contributed by atoms with Gasteiger partial charge >= 0.3 is 0 Å². The highest BCUT2D eigenvalue weighted by Crippen LogP contribution is 2.02. The highest BCUT2D eigenvalue weighted by Gasteiger charge is 2.17. The van der Waals surface area contributed by atoms with E-state index in [-0.39, 0.29) is 12.2 Å². The molecule has 108 valence electrons. The first-order valence-electron chi connectivity index (χ1n) is 6.70. The van der Waals surface area contributed by atoms with E-state index in [1.807, 2.05) is 13.8 Å². The normalized spacial score (nSPS) is 11.3. The number of carbonyl (C=O) groups excluding carboxylic acids is 1. The molecule has 0 unspecified atom stereocenters. The van der Waals surface area contributed by atoms with Crippen LogP contribution >= 0.6 is 0 Å². The van der Waals surface area contributed by atoms with Gasteiger partial charge in [-0.2, -0.15) is 0 Å². The minimum Gasteiger partial charge on any atom is -0.352 e. The number of ether oxygens (including phenoxy) is 2. The lowest BCUT2D eigenvalue weighted by atomic mass is 10.3. The highest BCUT2D eigenvalue weighted by atomic mass is 16.7. The van der Waals surface area contributed by atoms with E-state index in [9.17, 15) is 4.79 Å². The van der Waals surface area contributed by atoms with Gasteiger partial charge < -0.3 is 14.4 Å². The van der Waals surface area contributed by atoms with Gasteiger partial charge in [0.25, 0.3) is 0 Å². The first-order valence-corrected chi connectivity index (χ1v) is 6.70. The molecule has 5 heteroatoms. The molecule has 5 nitrogen and oxygen atoms in total. The molecule has 0 heterocycles. The Kier molecular flexibility index (Phi) is 9.92. The maximum Gasteiger partial charge on any atom is 0.236 e. The van der Waals surface area contributed by atoms with Crippen molar-refractivity contribution in [3.8, 4) is 0 Å². The zero-order valence-electron chi connectivity index (χ0n) is 12.4. The Hall–Kier alpha value is -0.650. The molecule has 0 aliphatic heterocycles. The summed E-state index contributed by atoms with van der Waals surface area (Å²) in [5, 5.41) is 0.